The molecule has 2 heterocycles. The van der Waals surface area contributed by atoms with Crippen LogP contribution in [0.25, 0.3) is 0 Å². The normalized spacial score (nSPS) is 26.9. The molecule has 0 aromatic carbocycles. The second-order valence-corrected chi connectivity index (χ2v) is 7.30. The van der Waals surface area contributed by atoms with E-state index in [0.717, 1.165) is 12.8 Å². The van der Waals surface area contributed by atoms with Crippen LogP contribution < -0.4 is 5.32 Å². The van der Waals surface area contributed by atoms with Crippen molar-refractivity contribution in [3.63, 3.8) is 0 Å². The second kappa shape index (κ2) is 6.93. The lowest BCUT2D eigenvalue weighted by Crippen LogP contribution is -2.42. The number of amides is 1. The third kappa shape index (κ3) is 3.16. The maximum absolute atomic E-state index is 12.9. The molecule has 0 aliphatic carbocycles. The average Bonchev–Trinajstić information content (AvgIpc) is 3.12. The molecule has 1 amide bonds. The van der Waals surface area contributed by atoms with Crippen LogP contribution >= 0.6 is 11.3 Å². The minimum Gasteiger partial charge on any atom is -0.318 e. The number of thiophene rings is 1. The van der Waals surface area contributed by atoms with E-state index in [-0.39, 0.29) is 24.2 Å². The van der Waals surface area contributed by atoms with Gasteiger partial charge in [0.1, 0.15) is 6.17 Å². The predicted molar refractivity (Wildman–Crippen MR) is 89.2 cm³/mol. The van der Waals surface area contributed by atoms with Crippen LogP contribution in [0.1, 0.15) is 58.5 Å². The molecule has 3 nitrogen and oxygen atoms in total. The molecule has 1 aromatic heterocycles. The van der Waals surface area contributed by atoms with E-state index in [2.05, 4.69) is 62.3 Å². The van der Waals surface area contributed by atoms with Gasteiger partial charge in [0.25, 0.3) is 0 Å². The van der Waals surface area contributed by atoms with Gasteiger partial charge in [0, 0.05) is 10.9 Å². The Morgan fingerprint density at radius 3 is 2.52 bits per heavy atom. The summed E-state index contributed by atoms with van der Waals surface area (Å²) in [7, 11) is 0. The third-order valence-corrected chi connectivity index (χ3v) is 5.99. The molecule has 4 heteroatoms. The Hall–Kier alpha value is -0.870. The second-order valence-electron chi connectivity index (χ2n) is 6.32. The zero-order valence-electron chi connectivity index (χ0n) is 13.8. The van der Waals surface area contributed by atoms with Crippen molar-refractivity contribution in [2.75, 3.05) is 0 Å². The molecule has 21 heavy (non-hydrogen) atoms. The van der Waals surface area contributed by atoms with E-state index < -0.39 is 0 Å². The maximum atomic E-state index is 12.9. The molecule has 1 N–H and O–H groups in total. The molecule has 1 aliphatic rings. The van der Waals surface area contributed by atoms with Crippen molar-refractivity contribution >= 4 is 17.2 Å². The lowest BCUT2D eigenvalue weighted by atomic mass is 9.96. The van der Waals surface area contributed by atoms with E-state index in [0.29, 0.717) is 11.8 Å². The third-order valence-electron chi connectivity index (χ3n) is 5.07. The van der Waals surface area contributed by atoms with Crippen LogP contribution in [0.3, 0.4) is 0 Å². The lowest BCUT2D eigenvalue weighted by Gasteiger charge is -2.33. The molecule has 1 fully saturated rings. The molecule has 0 saturated carbocycles. The first-order valence-electron chi connectivity index (χ1n) is 8.12. The summed E-state index contributed by atoms with van der Waals surface area (Å²) >= 11 is 1.73. The fourth-order valence-electron chi connectivity index (χ4n) is 2.97. The van der Waals surface area contributed by atoms with Crippen molar-refractivity contribution in [1.82, 2.24) is 10.2 Å². The summed E-state index contributed by atoms with van der Waals surface area (Å²) in [6.45, 7) is 10.9. The van der Waals surface area contributed by atoms with Crippen LogP contribution in [0.15, 0.2) is 17.5 Å². The largest absolute Gasteiger partial charge is 0.318 e. The van der Waals surface area contributed by atoms with Crippen molar-refractivity contribution in [3.05, 3.63) is 22.4 Å². The average molecular weight is 308 g/mol. The summed E-state index contributed by atoms with van der Waals surface area (Å²) in [6, 6.07) is 4.41. The van der Waals surface area contributed by atoms with E-state index in [1.54, 1.807) is 11.3 Å². The highest BCUT2D eigenvalue weighted by Gasteiger charge is 2.44. The molecular weight excluding hydrogens is 280 g/mol. The fraction of sp³-hybridized carbons (Fsp3) is 0.706. The van der Waals surface area contributed by atoms with E-state index >= 15 is 0 Å². The van der Waals surface area contributed by atoms with Gasteiger partial charge < -0.3 is 4.90 Å². The molecule has 1 aromatic rings. The van der Waals surface area contributed by atoms with Crippen molar-refractivity contribution in [1.29, 1.82) is 0 Å². The Kier molecular flexibility index (Phi) is 5.44. The van der Waals surface area contributed by atoms with Gasteiger partial charge >= 0.3 is 0 Å². The Bertz CT molecular complexity index is 459. The van der Waals surface area contributed by atoms with E-state index in [1.807, 2.05) is 0 Å². The first-order valence-corrected chi connectivity index (χ1v) is 9.00. The minimum atomic E-state index is -0.0476. The molecular formula is C17H28N2OS. The fourth-order valence-corrected chi connectivity index (χ4v) is 3.75. The molecule has 2 rings (SSSR count). The minimum absolute atomic E-state index is 0.0421. The van der Waals surface area contributed by atoms with Crippen molar-refractivity contribution in [2.45, 2.75) is 65.7 Å². The first-order chi connectivity index (χ1) is 10.0. The topological polar surface area (TPSA) is 32.3 Å². The van der Waals surface area contributed by atoms with Crippen LogP contribution in [0.4, 0.5) is 0 Å². The lowest BCUT2D eigenvalue weighted by molar-refractivity contribution is -0.133. The summed E-state index contributed by atoms with van der Waals surface area (Å²) in [6.07, 6.45) is 2.16. The smallest absolute Gasteiger partial charge is 0.241 e. The zero-order valence-corrected chi connectivity index (χ0v) is 14.6. The van der Waals surface area contributed by atoms with Crippen molar-refractivity contribution in [2.24, 2.45) is 11.8 Å². The summed E-state index contributed by atoms with van der Waals surface area (Å²) in [5.74, 6) is 1.15. The van der Waals surface area contributed by atoms with Crippen LogP contribution in [0, 0.1) is 11.8 Å². The van der Waals surface area contributed by atoms with Gasteiger partial charge in [-0.25, -0.2) is 0 Å². The molecule has 5 atom stereocenters. The summed E-state index contributed by atoms with van der Waals surface area (Å²) in [5, 5.41) is 5.68. The van der Waals surface area contributed by atoms with Gasteiger partial charge in [-0.1, -0.05) is 46.6 Å². The Morgan fingerprint density at radius 2 is 2.00 bits per heavy atom. The summed E-state index contributed by atoms with van der Waals surface area (Å²) in [4.78, 5) is 16.3. The molecule has 5 unspecified atom stereocenters. The standard InChI is InChI=1S/C17H28N2OS/c1-6-11(3)13(5)19-16(14-9-8-10-21-14)18-15(17(19)20)12(4)7-2/h8-13,15-16,18H,6-7H2,1-5H3. The molecule has 0 bridgehead atoms. The van der Waals surface area contributed by atoms with Crippen LogP contribution in [-0.4, -0.2) is 22.9 Å². The van der Waals surface area contributed by atoms with Crippen molar-refractivity contribution in [3.8, 4) is 0 Å². The highest BCUT2D eigenvalue weighted by Crippen LogP contribution is 2.35. The number of hydrogen-bond donors (Lipinski definition) is 1. The quantitative estimate of drug-likeness (QED) is 0.860. The highest BCUT2D eigenvalue weighted by atomic mass is 32.1. The van der Waals surface area contributed by atoms with E-state index in [4.69, 9.17) is 0 Å². The van der Waals surface area contributed by atoms with Crippen LogP contribution in [0.2, 0.25) is 0 Å². The van der Waals surface area contributed by atoms with Gasteiger partial charge in [0.15, 0.2) is 0 Å². The Labute approximate surface area is 132 Å². The van der Waals surface area contributed by atoms with E-state index in [1.165, 1.54) is 4.88 Å². The summed E-state index contributed by atoms with van der Waals surface area (Å²) < 4.78 is 0. The van der Waals surface area contributed by atoms with Gasteiger partial charge in [-0.15, -0.1) is 11.3 Å². The van der Waals surface area contributed by atoms with Gasteiger partial charge in [0.2, 0.25) is 5.91 Å². The molecule has 1 saturated heterocycles. The van der Waals surface area contributed by atoms with Gasteiger partial charge in [0.05, 0.1) is 6.04 Å². The summed E-state index contributed by atoms with van der Waals surface area (Å²) in [5.41, 5.74) is 0. The molecule has 0 spiro atoms. The maximum Gasteiger partial charge on any atom is 0.241 e. The Morgan fingerprint density at radius 1 is 1.29 bits per heavy atom. The SMILES string of the molecule is CCC(C)C1NC(c2cccs2)N(C(C)C(C)CC)C1=O. The van der Waals surface area contributed by atoms with Crippen LogP contribution in [0.5, 0.6) is 0 Å². The van der Waals surface area contributed by atoms with Crippen molar-refractivity contribution < 1.29 is 4.79 Å². The molecule has 1 aliphatic heterocycles. The molecule has 118 valence electrons. The zero-order chi connectivity index (χ0) is 15.6. The Balaban J connectivity index is 2.30. The molecule has 0 radical (unpaired) electrons. The van der Waals surface area contributed by atoms with Gasteiger partial charge in [-0.3, -0.25) is 10.1 Å². The number of hydrogen-bond acceptors (Lipinski definition) is 3. The van der Waals surface area contributed by atoms with E-state index in [9.17, 15) is 4.79 Å². The highest BCUT2D eigenvalue weighted by molar-refractivity contribution is 7.10. The first kappa shape index (κ1) is 16.5. The predicted octanol–water partition coefficient (Wildman–Crippen LogP) is 4.03. The number of nitrogens with one attached hydrogen (secondary N) is 1. The van der Waals surface area contributed by atoms with Gasteiger partial charge in [-0.05, 0) is 30.2 Å². The van der Waals surface area contributed by atoms with Gasteiger partial charge in [-0.2, -0.15) is 0 Å². The number of carbonyl (C=O) groups excluding carboxylic acids is 1. The number of carbonyl (C=O) groups is 1. The number of rotatable bonds is 6. The monoisotopic (exact) mass is 308 g/mol. The number of nitrogens with zero attached hydrogens (tertiary/aromatic N) is 1. The van der Waals surface area contributed by atoms with Crippen LogP contribution in [-0.2, 0) is 4.79 Å².